The molecule has 1 aromatic rings. The fourth-order valence-corrected chi connectivity index (χ4v) is 2.84. The molecule has 0 saturated heterocycles. The van der Waals surface area contributed by atoms with E-state index in [0.29, 0.717) is 0 Å². The van der Waals surface area contributed by atoms with Crippen LogP contribution in [0, 0.1) is 0 Å². The van der Waals surface area contributed by atoms with Crippen LogP contribution in [-0.4, -0.2) is 55.6 Å². The molecule has 0 fully saturated rings. The van der Waals surface area contributed by atoms with Crippen molar-refractivity contribution >= 4 is 33.5 Å². The maximum absolute atomic E-state index is 12.1. The normalized spacial score (nSPS) is 17.8. The summed E-state index contributed by atoms with van der Waals surface area (Å²) >= 11 is 0. The summed E-state index contributed by atoms with van der Waals surface area (Å²) < 4.78 is 29.3. The summed E-state index contributed by atoms with van der Waals surface area (Å²) in [5.41, 5.74) is -0.319. The molecule has 2 rings (SSSR count). The molecule has 3 N–H and O–H groups in total. The first-order valence-corrected chi connectivity index (χ1v) is 8.87. The smallest absolute Gasteiger partial charge is 0.345 e. The van der Waals surface area contributed by atoms with Gasteiger partial charge >= 0.3 is 10.2 Å². The number of nitrogens with zero attached hydrogens (tertiary/aromatic N) is 3. The number of carbonyl (C=O) groups is 1. The summed E-state index contributed by atoms with van der Waals surface area (Å²) in [6, 6.07) is 4.54. The molecule has 10 heteroatoms. The Labute approximate surface area is 146 Å². The second-order valence-corrected chi connectivity index (χ2v) is 8.01. The van der Waals surface area contributed by atoms with Gasteiger partial charge in [0, 0.05) is 14.1 Å². The number of carbonyl (C=O) groups excluding carboxylic acids is 1. The Balaban J connectivity index is 2.43. The Kier molecular flexibility index (Phi) is 4.76. The zero-order chi connectivity index (χ0) is 19.0. The molecule has 9 nitrogen and oxygen atoms in total. The van der Waals surface area contributed by atoms with Crippen LogP contribution in [0.1, 0.15) is 31.1 Å². The van der Waals surface area contributed by atoms with Crippen LogP contribution in [0.4, 0.5) is 5.69 Å². The molecule has 136 valence electrons. The van der Waals surface area contributed by atoms with E-state index in [9.17, 15) is 18.3 Å². The maximum atomic E-state index is 12.1. The number of hydrogen-bond donors (Lipinski definition) is 3. The molecule has 1 aliphatic heterocycles. The van der Waals surface area contributed by atoms with Gasteiger partial charge in [0.2, 0.25) is 0 Å². The van der Waals surface area contributed by atoms with Crippen molar-refractivity contribution in [1.29, 1.82) is 0 Å². The van der Waals surface area contributed by atoms with Gasteiger partial charge in [-0.2, -0.15) is 8.42 Å². The zero-order valence-corrected chi connectivity index (χ0v) is 15.5. The third-order valence-corrected chi connectivity index (χ3v) is 3.91. The van der Waals surface area contributed by atoms with Gasteiger partial charge in [-0.3, -0.25) is 9.79 Å². The molecule has 0 atom stereocenters. The SMILES string of the molecule is CN(C)C(=O)c1cccc(NC2=NS(=O)(=O)NC2=NC(C)(C)C)c1O. The van der Waals surface area contributed by atoms with Crippen LogP contribution in [-0.2, 0) is 10.2 Å². The monoisotopic (exact) mass is 367 g/mol. The number of rotatable bonds is 2. The van der Waals surface area contributed by atoms with Gasteiger partial charge < -0.3 is 15.3 Å². The van der Waals surface area contributed by atoms with Gasteiger partial charge in [-0.15, -0.1) is 4.40 Å². The average molecular weight is 367 g/mol. The van der Waals surface area contributed by atoms with E-state index in [4.69, 9.17) is 0 Å². The highest BCUT2D eigenvalue weighted by Crippen LogP contribution is 2.28. The summed E-state index contributed by atoms with van der Waals surface area (Å²) in [4.78, 5) is 17.7. The van der Waals surface area contributed by atoms with Crippen LogP contribution in [0.25, 0.3) is 0 Å². The molecule has 0 aliphatic carbocycles. The molecule has 0 unspecified atom stereocenters. The standard InChI is InChI=1S/C15H21N5O4S/c1-15(2,3)17-13-12(18-25(23,24)19-13)16-10-8-6-7-9(11(10)21)14(22)20(4)5/h6-8,21H,1-5H3,(H,16,18)(H,17,19). The molecule has 0 aromatic heterocycles. The Bertz CT molecular complexity index is 866. The van der Waals surface area contributed by atoms with Gasteiger partial charge in [0.25, 0.3) is 5.91 Å². The van der Waals surface area contributed by atoms with Crippen LogP contribution < -0.4 is 10.0 Å². The number of aliphatic imine (C=N–C) groups is 1. The lowest BCUT2D eigenvalue weighted by Crippen LogP contribution is -2.33. The highest BCUT2D eigenvalue weighted by atomic mass is 32.2. The third kappa shape index (κ3) is 4.47. The fourth-order valence-electron chi connectivity index (χ4n) is 2.04. The molecule has 0 radical (unpaired) electrons. The van der Waals surface area contributed by atoms with Crippen molar-refractivity contribution in [1.82, 2.24) is 9.62 Å². The number of phenols is 1. The van der Waals surface area contributed by atoms with Crippen LogP contribution in [0.3, 0.4) is 0 Å². The number of hydrogen-bond acceptors (Lipinski definition) is 6. The topological polar surface area (TPSA) is 123 Å². The minimum absolute atomic E-state index is 0.0382. The minimum Gasteiger partial charge on any atom is -0.505 e. The van der Waals surface area contributed by atoms with E-state index in [1.165, 1.54) is 17.0 Å². The van der Waals surface area contributed by atoms with Gasteiger partial charge in [-0.1, -0.05) is 6.07 Å². The maximum Gasteiger partial charge on any atom is 0.345 e. The second-order valence-electron chi connectivity index (χ2n) is 6.67. The van der Waals surface area contributed by atoms with Crippen molar-refractivity contribution in [3.8, 4) is 5.75 Å². The van der Waals surface area contributed by atoms with Crippen LogP contribution in [0.5, 0.6) is 5.75 Å². The van der Waals surface area contributed by atoms with E-state index < -0.39 is 15.7 Å². The van der Waals surface area contributed by atoms with Gasteiger partial charge in [-0.25, -0.2) is 4.72 Å². The minimum atomic E-state index is -3.90. The number of amides is 1. The lowest BCUT2D eigenvalue weighted by atomic mass is 10.1. The number of anilines is 1. The first kappa shape index (κ1) is 18.7. The second kappa shape index (κ2) is 6.36. The lowest BCUT2D eigenvalue weighted by Gasteiger charge is -2.16. The molecular weight excluding hydrogens is 346 g/mol. The number of aromatic hydroxyl groups is 1. The van der Waals surface area contributed by atoms with Crippen molar-refractivity contribution in [2.75, 3.05) is 19.4 Å². The van der Waals surface area contributed by atoms with Crippen LogP contribution >= 0.6 is 0 Å². The molecule has 0 saturated carbocycles. The lowest BCUT2D eigenvalue weighted by molar-refractivity contribution is 0.0824. The van der Waals surface area contributed by atoms with E-state index in [-0.39, 0.29) is 34.6 Å². The Hall–Kier alpha value is -2.62. The quantitative estimate of drug-likeness (QED) is 0.672. The molecule has 1 heterocycles. The molecule has 1 amide bonds. The van der Waals surface area contributed by atoms with Gasteiger partial charge in [0.05, 0.1) is 16.8 Å². The first-order valence-electron chi connectivity index (χ1n) is 7.43. The Morgan fingerprint density at radius 2 is 1.96 bits per heavy atom. The van der Waals surface area contributed by atoms with Crippen molar-refractivity contribution < 1.29 is 18.3 Å². The highest BCUT2D eigenvalue weighted by molar-refractivity contribution is 7.89. The van der Waals surface area contributed by atoms with E-state index in [0.717, 1.165) is 0 Å². The number of para-hydroxylation sites is 1. The van der Waals surface area contributed by atoms with Gasteiger partial charge in [0.15, 0.2) is 17.4 Å². The predicted octanol–water partition coefficient (Wildman–Crippen LogP) is 0.949. The van der Waals surface area contributed by atoms with Crippen molar-refractivity contribution in [3.63, 3.8) is 0 Å². The van der Waals surface area contributed by atoms with Gasteiger partial charge in [-0.05, 0) is 32.9 Å². The first-order chi connectivity index (χ1) is 11.4. The summed E-state index contributed by atoms with van der Waals surface area (Å²) in [7, 11) is -0.776. The van der Waals surface area contributed by atoms with E-state index in [1.54, 1.807) is 40.9 Å². The average Bonchev–Trinajstić information content (AvgIpc) is 2.72. The van der Waals surface area contributed by atoms with E-state index in [2.05, 4.69) is 19.4 Å². The Morgan fingerprint density at radius 3 is 2.52 bits per heavy atom. The number of amidine groups is 2. The molecule has 1 aromatic carbocycles. The molecule has 1 aliphatic rings. The van der Waals surface area contributed by atoms with Gasteiger partial charge in [0.1, 0.15) is 0 Å². The van der Waals surface area contributed by atoms with Crippen LogP contribution in [0.2, 0.25) is 0 Å². The Morgan fingerprint density at radius 1 is 1.32 bits per heavy atom. The molecular formula is C15H21N5O4S. The van der Waals surface area contributed by atoms with Crippen molar-refractivity contribution in [2.24, 2.45) is 9.39 Å². The predicted molar refractivity (Wildman–Crippen MR) is 96.4 cm³/mol. The molecule has 25 heavy (non-hydrogen) atoms. The number of benzene rings is 1. The van der Waals surface area contributed by atoms with E-state index >= 15 is 0 Å². The summed E-state index contributed by atoms with van der Waals surface area (Å²) in [6.45, 7) is 5.41. The third-order valence-electron chi connectivity index (χ3n) is 3.03. The largest absolute Gasteiger partial charge is 0.505 e. The van der Waals surface area contributed by atoms with Crippen LogP contribution in [0.15, 0.2) is 27.6 Å². The highest BCUT2D eigenvalue weighted by Gasteiger charge is 2.29. The summed E-state index contributed by atoms with van der Waals surface area (Å²) in [6.07, 6.45) is 0. The van der Waals surface area contributed by atoms with Crippen molar-refractivity contribution in [3.05, 3.63) is 23.8 Å². The van der Waals surface area contributed by atoms with Crippen molar-refractivity contribution in [2.45, 2.75) is 26.3 Å². The fraction of sp³-hybridized carbons (Fsp3) is 0.400. The number of nitrogens with one attached hydrogen (secondary N) is 2. The summed E-state index contributed by atoms with van der Waals surface area (Å²) in [5.74, 6) is -0.705. The molecule has 0 bridgehead atoms. The van der Waals surface area contributed by atoms with E-state index in [1.807, 2.05) is 0 Å². The molecule has 0 spiro atoms. The summed E-state index contributed by atoms with van der Waals surface area (Å²) in [5, 5.41) is 13.1. The zero-order valence-electron chi connectivity index (χ0n) is 14.7. The number of phenolic OH excluding ortho intramolecular Hbond substituents is 1.